The number of ether oxygens (including phenoxy) is 1. The van der Waals surface area contributed by atoms with Crippen LogP contribution in [0.25, 0.3) is 0 Å². The van der Waals surface area contributed by atoms with Gasteiger partial charge in [0.25, 0.3) is 5.69 Å². The quantitative estimate of drug-likeness (QED) is 0.273. The van der Waals surface area contributed by atoms with Crippen LogP contribution in [-0.2, 0) is 14.3 Å². The maximum atomic E-state index is 12.0. The molecule has 0 radical (unpaired) electrons. The molecule has 9 heteroatoms. The summed E-state index contributed by atoms with van der Waals surface area (Å²) in [5.41, 5.74) is -0.0639. The lowest BCUT2D eigenvalue weighted by Gasteiger charge is -2.17. The molecule has 8 nitrogen and oxygen atoms in total. The Hall–Kier alpha value is -2.86. The molecule has 1 heterocycles. The summed E-state index contributed by atoms with van der Waals surface area (Å²) in [7, 11) is 1.14. The maximum Gasteiger partial charge on any atom is 0.351 e. The van der Waals surface area contributed by atoms with Gasteiger partial charge in [-0.15, -0.1) is 0 Å². The predicted octanol–water partition coefficient (Wildman–Crippen LogP) is 1.58. The third-order valence-corrected chi connectivity index (χ3v) is 3.87. The topological polar surface area (TPSA) is 114 Å². The number of nitriles is 1. The van der Waals surface area contributed by atoms with E-state index in [0.29, 0.717) is 5.69 Å². The first kappa shape index (κ1) is 15.5. The third kappa shape index (κ3) is 2.77. The lowest BCUT2D eigenvalue weighted by atomic mass is 10.2. The molecule has 2 rings (SSSR count). The lowest BCUT2D eigenvalue weighted by Crippen LogP contribution is -2.25. The SMILES string of the molecule is COC(=O)/C(C#N)=C1\SCC(=O)N1c1ccc([N+](=O)[O-])cc1. The van der Waals surface area contributed by atoms with Crippen molar-refractivity contribution in [3.8, 4) is 6.07 Å². The summed E-state index contributed by atoms with van der Waals surface area (Å²) < 4.78 is 4.53. The Morgan fingerprint density at radius 3 is 2.59 bits per heavy atom. The molecule has 1 saturated heterocycles. The fourth-order valence-electron chi connectivity index (χ4n) is 1.82. The molecule has 0 spiro atoms. The molecule has 0 aliphatic carbocycles. The van der Waals surface area contributed by atoms with Gasteiger partial charge in [0.1, 0.15) is 11.1 Å². The summed E-state index contributed by atoms with van der Waals surface area (Å²) in [6.45, 7) is 0. The average Bonchev–Trinajstić information content (AvgIpc) is 2.89. The fraction of sp³-hybridized carbons (Fsp3) is 0.154. The van der Waals surface area contributed by atoms with Crippen LogP contribution >= 0.6 is 11.8 Å². The van der Waals surface area contributed by atoms with E-state index in [1.807, 2.05) is 0 Å². The number of hydrogen-bond acceptors (Lipinski definition) is 7. The summed E-state index contributed by atoms with van der Waals surface area (Å²) in [5, 5.41) is 19.9. The van der Waals surface area contributed by atoms with Crippen LogP contribution in [-0.4, -0.2) is 29.7 Å². The number of rotatable bonds is 3. The van der Waals surface area contributed by atoms with E-state index in [-0.39, 0.29) is 27.9 Å². The minimum atomic E-state index is -0.841. The zero-order chi connectivity index (χ0) is 16.3. The van der Waals surface area contributed by atoms with Gasteiger partial charge in [-0.25, -0.2) is 4.79 Å². The second kappa shape index (κ2) is 6.28. The van der Waals surface area contributed by atoms with Crippen molar-refractivity contribution in [2.24, 2.45) is 0 Å². The molecule has 1 aromatic rings. The van der Waals surface area contributed by atoms with Crippen LogP contribution in [0.1, 0.15) is 0 Å². The number of thioether (sulfide) groups is 1. The van der Waals surface area contributed by atoms with Gasteiger partial charge in [0.05, 0.1) is 17.8 Å². The van der Waals surface area contributed by atoms with E-state index in [4.69, 9.17) is 5.26 Å². The van der Waals surface area contributed by atoms with E-state index in [0.717, 1.165) is 18.9 Å². The summed E-state index contributed by atoms with van der Waals surface area (Å²) in [6, 6.07) is 6.98. The summed E-state index contributed by atoms with van der Waals surface area (Å²) in [4.78, 5) is 34.9. The number of nitro groups is 1. The van der Waals surface area contributed by atoms with Crippen LogP contribution in [0.5, 0.6) is 0 Å². The van der Waals surface area contributed by atoms with Crippen molar-refractivity contribution in [3.05, 3.63) is 45.0 Å². The van der Waals surface area contributed by atoms with E-state index in [2.05, 4.69) is 4.74 Å². The molecule has 0 atom stereocenters. The van der Waals surface area contributed by atoms with Crippen LogP contribution in [0.2, 0.25) is 0 Å². The van der Waals surface area contributed by atoms with Crippen molar-refractivity contribution in [1.29, 1.82) is 5.26 Å². The first-order valence-corrected chi connectivity index (χ1v) is 6.91. The van der Waals surface area contributed by atoms with Gasteiger partial charge in [-0.1, -0.05) is 11.8 Å². The fourth-order valence-corrected chi connectivity index (χ4v) is 2.82. The number of methoxy groups -OCH3 is 1. The molecular weight excluding hydrogens is 310 g/mol. The summed E-state index contributed by atoms with van der Waals surface area (Å²) in [6.07, 6.45) is 0. The van der Waals surface area contributed by atoms with Crippen molar-refractivity contribution in [3.63, 3.8) is 0 Å². The van der Waals surface area contributed by atoms with Gasteiger partial charge in [0.2, 0.25) is 5.91 Å². The Balaban J connectivity index is 2.48. The van der Waals surface area contributed by atoms with Gasteiger partial charge in [-0.3, -0.25) is 19.8 Å². The highest BCUT2D eigenvalue weighted by molar-refractivity contribution is 8.04. The molecule has 0 bridgehead atoms. The van der Waals surface area contributed by atoms with Gasteiger partial charge in [-0.2, -0.15) is 5.26 Å². The van der Waals surface area contributed by atoms with Gasteiger partial charge in [0, 0.05) is 17.8 Å². The largest absolute Gasteiger partial charge is 0.465 e. The van der Waals surface area contributed by atoms with Gasteiger partial charge < -0.3 is 4.74 Å². The Kier molecular flexibility index (Phi) is 4.43. The number of carbonyl (C=O) groups is 2. The number of carbonyl (C=O) groups excluding carboxylic acids is 2. The van der Waals surface area contributed by atoms with Gasteiger partial charge in [-0.05, 0) is 12.1 Å². The Morgan fingerprint density at radius 1 is 1.45 bits per heavy atom. The van der Waals surface area contributed by atoms with E-state index in [9.17, 15) is 19.7 Å². The molecule has 1 amide bonds. The van der Waals surface area contributed by atoms with Crippen LogP contribution < -0.4 is 4.90 Å². The molecule has 1 aromatic carbocycles. The normalized spacial score (nSPS) is 16.2. The van der Waals surface area contributed by atoms with Crippen molar-refractivity contribution < 1.29 is 19.2 Å². The van der Waals surface area contributed by atoms with Crippen molar-refractivity contribution in [1.82, 2.24) is 0 Å². The minimum Gasteiger partial charge on any atom is -0.465 e. The van der Waals surface area contributed by atoms with Crippen LogP contribution in [0.15, 0.2) is 34.9 Å². The first-order valence-electron chi connectivity index (χ1n) is 5.92. The number of anilines is 1. The molecular formula is C13H9N3O5S. The second-order valence-corrected chi connectivity index (χ2v) is 5.04. The second-order valence-electron chi connectivity index (χ2n) is 4.07. The molecule has 0 saturated carbocycles. The first-order chi connectivity index (χ1) is 10.5. The molecule has 112 valence electrons. The highest BCUT2D eigenvalue weighted by Gasteiger charge is 2.33. The maximum absolute atomic E-state index is 12.0. The van der Waals surface area contributed by atoms with Gasteiger partial charge in [0.15, 0.2) is 5.57 Å². The zero-order valence-electron chi connectivity index (χ0n) is 11.3. The highest BCUT2D eigenvalue weighted by atomic mass is 32.2. The number of hydrogen-bond donors (Lipinski definition) is 0. The molecule has 1 fully saturated rings. The van der Waals surface area contributed by atoms with Gasteiger partial charge >= 0.3 is 5.97 Å². The van der Waals surface area contributed by atoms with Crippen molar-refractivity contribution >= 4 is 35.0 Å². The number of nitro benzene ring substituents is 1. The van der Waals surface area contributed by atoms with Crippen molar-refractivity contribution in [2.45, 2.75) is 0 Å². The smallest absolute Gasteiger partial charge is 0.351 e. The number of non-ortho nitro benzene ring substituents is 1. The Labute approximate surface area is 129 Å². The van der Waals surface area contributed by atoms with Crippen LogP contribution in [0, 0.1) is 21.4 Å². The number of esters is 1. The summed E-state index contributed by atoms with van der Waals surface area (Å²) >= 11 is 1.04. The average molecular weight is 319 g/mol. The predicted molar refractivity (Wildman–Crippen MR) is 77.7 cm³/mol. The van der Waals surface area contributed by atoms with E-state index in [1.165, 1.54) is 29.2 Å². The molecule has 1 aliphatic heterocycles. The third-order valence-electron chi connectivity index (χ3n) is 2.82. The van der Waals surface area contributed by atoms with Crippen molar-refractivity contribution in [2.75, 3.05) is 17.8 Å². The molecule has 1 aliphatic rings. The van der Waals surface area contributed by atoms with Crippen LogP contribution in [0.4, 0.5) is 11.4 Å². The Morgan fingerprint density at radius 2 is 2.09 bits per heavy atom. The van der Waals surface area contributed by atoms with E-state index in [1.54, 1.807) is 6.07 Å². The number of nitrogens with zero attached hydrogens (tertiary/aromatic N) is 3. The molecule has 0 N–H and O–H groups in total. The molecule has 0 aromatic heterocycles. The lowest BCUT2D eigenvalue weighted by molar-refractivity contribution is -0.384. The minimum absolute atomic E-state index is 0.0640. The number of amides is 1. The zero-order valence-corrected chi connectivity index (χ0v) is 12.1. The monoisotopic (exact) mass is 319 g/mol. The summed E-state index contributed by atoms with van der Waals surface area (Å²) in [5.74, 6) is -1.11. The van der Waals surface area contributed by atoms with Crippen LogP contribution in [0.3, 0.4) is 0 Å². The highest BCUT2D eigenvalue weighted by Crippen LogP contribution is 2.36. The molecule has 22 heavy (non-hydrogen) atoms. The van der Waals surface area contributed by atoms with E-state index >= 15 is 0 Å². The Bertz CT molecular complexity index is 720. The number of benzene rings is 1. The standard InChI is InChI=1S/C13H9N3O5S/c1-21-13(18)10(6-14)12-15(11(17)7-22-12)8-2-4-9(5-3-8)16(19)20/h2-5H,7H2,1H3/b12-10-. The van der Waals surface area contributed by atoms with E-state index < -0.39 is 10.9 Å². The molecule has 0 unspecified atom stereocenters.